The van der Waals surface area contributed by atoms with E-state index < -0.39 is 5.92 Å². The number of nitrogens with one attached hydrogen (secondary N) is 1. The Hall–Kier alpha value is -0.360. The van der Waals surface area contributed by atoms with Gasteiger partial charge in [0.05, 0.1) is 26.6 Å². The third-order valence-corrected chi connectivity index (χ3v) is 3.83. The maximum atomic E-state index is 12.1. The van der Waals surface area contributed by atoms with Crippen LogP contribution < -0.4 is 11.1 Å². The third kappa shape index (κ3) is 4.60. The lowest BCUT2D eigenvalue weighted by atomic mass is 10.0. The highest BCUT2D eigenvalue weighted by molar-refractivity contribution is 9.10. The van der Waals surface area contributed by atoms with Gasteiger partial charge in [0.25, 0.3) is 0 Å². The highest BCUT2D eigenvalue weighted by atomic mass is 79.9. The zero-order chi connectivity index (χ0) is 14.6. The molecule has 1 rings (SSSR count). The fourth-order valence-corrected chi connectivity index (χ4v) is 3.09. The van der Waals surface area contributed by atoms with Crippen LogP contribution in [0.4, 0.5) is 5.69 Å². The Kier molecular flexibility index (Phi) is 6.53. The molecule has 3 N–H and O–H groups in total. The number of hydrogen-bond acceptors (Lipinski definition) is 2. The quantitative estimate of drug-likeness (QED) is 0.741. The maximum absolute atomic E-state index is 12.1. The monoisotopic (exact) mass is 382 g/mol. The molecule has 0 aliphatic carbocycles. The van der Waals surface area contributed by atoms with Crippen LogP contribution in [0.5, 0.6) is 0 Å². The van der Waals surface area contributed by atoms with E-state index in [-0.39, 0.29) is 10.9 Å². The summed E-state index contributed by atoms with van der Waals surface area (Å²) in [6.07, 6.45) is 1.39. The summed E-state index contributed by atoms with van der Waals surface area (Å²) in [6.45, 7) is 1.96. The lowest BCUT2D eigenvalue weighted by Gasteiger charge is -2.16. The van der Waals surface area contributed by atoms with Crippen molar-refractivity contribution in [3.05, 3.63) is 26.7 Å². The summed E-state index contributed by atoms with van der Waals surface area (Å²) in [6, 6.07) is 3.30. The van der Waals surface area contributed by atoms with E-state index >= 15 is 0 Å². The van der Waals surface area contributed by atoms with Crippen molar-refractivity contribution in [3.63, 3.8) is 0 Å². The molecule has 1 aromatic rings. The van der Waals surface area contributed by atoms with Gasteiger partial charge in [-0.15, -0.1) is 0 Å². The van der Waals surface area contributed by atoms with Gasteiger partial charge in [-0.2, -0.15) is 0 Å². The number of thiocarbonyl (C=S) groups is 1. The van der Waals surface area contributed by atoms with Crippen LogP contribution in [0, 0.1) is 5.92 Å². The topological polar surface area (TPSA) is 55.1 Å². The maximum Gasteiger partial charge on any atom is 0.234 e. The Morgan fingerprint density at radius 3 is 2.42 bits per heavy atom. The lowest BCUT2D eigenvalue weighted by Crippen LogP contribution is -2.33. The number of carbonyl (C=O) groups is 1. The summed E-state index contributed by atoms with van der Waals surface area (Å²) < 4.78 is 0.736. The van der Waals surface area contributed by atoms with Crippen molar-refractivity contribution in [1.82, 2.24) is 0 Å². The number of nitrogens with two attached hydrogens (primary N) is 1. The van der Waals surface area contributed by atoms with Crippen LogP contribution in [0.2, 0.25) is 10.0 Å². The van der Waals surface area contributed by atoms with Crippen molar-refractivity contribution in [2.24, 2.45) is 11.7 Å². The number of carbonyl (C=O) groups excluding carboxylic acids is 1. The molecule has 19 heavy (non-hydrogen) atoms. The molecular weight excluding hydrogens is 371 g/mol. The zero-order valence-corrected chi connectivity index (χ0v) is 14.1. The molecule has 0 spiro atoms. The van der Waals surface area contributed by atoms with Gasteiger partial charge >= 0.3 is 0 Å². The van der Waals surface area contributed by atoms with Crippen molar-refractivity contribution >= 4 is 67.9 Å². The molecular formula is C12H13BrCl2N2OS. The number of anilines is 1. The first kappa shape index (κ1) is 16.7. The minimum Gasteiger partial charge on any atom is -0.393 e. The molecule has 1 unspecified atom stereocenters. The number of hydrogen-bond donors (Lipinski definition) is 2. The van der Waals surface area contributed by atoms with E-state index in [1.807, 2.05) is 6.92 Å². The first-order valence-electron chi connectivity index (χ1n) is 5.61. The van der Waals surface area contributed by atoms with Crippen molar-refractivity contribution in [2.75, 3.05) is 5.32 Å². The van der Waals surface area contributed by atoms with Crippen LogP contribution in [0.15, 0.2) is 16.6 Å². The Labute approximate surface area is 136 Å². The molecule has 0 heterocycles. The summed E-state index contributed by atoms with van der Waals surface area (Å²) in [4.78, 5) is 12.3. The molecule has 0 radical (unpaired) electrons. The van der Waals surface area contributed by atoms with Gasteiger partial charge in [0.1, 0.15) is 0 Å². The van der Waals surface area contributed by atoms with E-state index in [0.717, 1.165) is 10.9 Å². The second-order valence-electron chi connectivity index (χ2n) is 3.98. The fourth-order valence-electron chi connectivity index (χ4n) is 1.56. The van der Waals surface area contributed by atoms with Gasteiger partial charge in [-0.25, -0.2) is 0 Å². The number of rotatable bonds is 5. The van der Waals surface area contributed by atoms with Gasteiger partial charge in [-0.05, 0) is 18.6 Å². The molecule has 1 aromatic carbocycles. The summed E-state index contributed by atoms with van der Waals surface area (Å²) in [5.41, 5.74) is 5.94. The molecule has 1 amide bonds. The second kappa shape index (κ2) is 7.43. The summed E-state index contributed by atoms with van der Waals surface area (Å²) >= 11 is 20.3. The van der Waals surface area contributed by atoms with Crippen LogP contribution in [0.1, 0.15) is 19.8 Å². The summed E-state index contributed by atoms with van der Waals surface area (Å²) in [5.74, 6) is -0.809. The molecule has 0 aromatic heterocycles. The first-order valence-corrected chi connectivity index (χ1v) is 7.57. The van der Waals surface area contributed by atoms with Gasteiger partial charge < -0.3 is 11.1 Å². The minimum atomic E-state index is -0.518. The highest BCUT2D eigenvalue weighted by Crippen LogP contribution is 2.34. The van der Waals surface area contributed by atoms with Crippen molar-refractivity contribution < 1.29 is 4.79 Å². The van der Waals surface area contributed by atoms with Gasteiger partial charge in [-0.3, -0.25) is 4.79 Å². The smallest absolute Gasteiger partial charge is 0.234 e. The van der Waals surface area contributed by atoms with Gasteiger partial charge in [0.15, 0.2) is 0 Å². The van der Waals surface area contributed by atoms with Gasteiger partial charge in [-0.1, -0.05) is 64.7 Å². The Balaban J connectivity index is 2.96. The van der Waals surface area contributed by atoms with Crippen LogP contribution in [0.25, 0.3) is 0 Å². The van der Waals surface area contributed by atoms with Crippen molar-refractivity contribution in [1.29, 1.82) is 0 Å². The number of amides is 1. The molecule has 0 fully saturated rings. The van der Waals surface area contributed by atoms with Gasteiger partial charge in [0.2, 0.25) is 5.91 Å². The summed E-state index contributed by atoms with van der Waals surface area (Å²) in [7, 11) is 0. The second-order valence-corrected chi connectivity index (χ2v) is 6.18. The lowest BCUT2D eigenvalue weighted by molar-refractivity contribution is -0.118. The average Bonchev–Trinajstić information content (AvgIpc) is 2.29. The minimum absolute atomic E-state index is 0.170. The molecule has 0 aliphatic heterocycles. The fraction of sp³-hybridized carbons (Fsp3) is 0.333. The van der Waals surface area contributed by atoms with E-state index in [0.29, 0.717) is 22.2 Å². The molecule has 0 aliphatic rings. The van der Waals surface area contributed by atoms with Crippen molar-refractivity contribution in [2.45, 2.75) is 19.8 Å². The van der Waals surface area contributed by atoms with Crippen molar-refractivity contribution in [3.8, 4) is 0 Å². The standard InChI is InChI=1S/C12H13BrCl2N2OS/c1-2-3-7(11(16)19)12(18)17-10-8(14)4-6(13)5-9(10)15/h4-5,7H,2-3H2,1H3,(H2,16,19)(H,17,18). The molecule has 0 saturated heterocycles. The predicted octanol–water partition coefficient (Wildman–Crippen LogP) is 4.40. The molecule has 3 nitrogen and oxygen atoms in total. The Morgan fingerprint density at radius 2 is 2.00 bits per heavy atom. The van der Waals surface area contributed by atoms with Crippen LogP contribution in [-0.2, 0) is 4.79 Å². The average molecular weight is 384 g/mol. The molecule has 7 heteroatoms. The molecule has 0 saturated carbocycles. The van der Waals surface area contributed by atoms with E-state index in [4.69, 9.17) is 41.2 Å². The molecule has 0 bridgehead atoms. The van der Waals surface area contributed by atoms with Gasteiger partial charge in [0, 0.05) is 4.47 Å². The number of benzene rings is 1. The molecule has 1 atom stereocenters. The molecule has 104 valence electrons. The highest BCUT2D eigenvalue weighted by Gasteiger charge is 2.22. The third-order valence-electron chi connectivity index (χ3n) is 2.49. The Bertz CT molecular complexity index is 487. The Morgan fingerprint density at radius 1 is 1.47 bits per heavy atom. The predicted molar refractivity (Wildman–Crippen MR) is 88.0 cm³/mol. The number of halogens is 3. The zero-order valence-electron chi connectivity index (χ0n) is 10.2. The van der Waals surface area contributed by atoms with Crippen LogP contribution in [-0.4, -0.2) is 10.9 Å². The van der Waals surface area contributed by atoms with Crippen LogP contribution >= 0.6 is 51.3 Å². The van der Waals surface area contributed by atoms with Crippen LogP contribution in [0.3, 0.4) is 0 Å². The SMILES string of the molecule is CCCC(C(=O)Nc1c(Cl)cc(Br)cc1Cl)C(N)=S. The van der Waals surface area contributed by atoms with E-state index in [1.54, 1.807) is 12.1 Å². The first-order chi connectivity index (χ1) is 8.86. The normalized spacial score (nSPS) is 12.0. The summed E-state index contributed by atoms with van der Waals surface area (Å²) in [5, 5.41) is 3.39. The van der Waals surface area contributed by atoms with E-state index in [2.05, 4.69) is 21.2 Å². The van der Waals surface area contributed by atoms with E-state index in [1.165, 1.54) is 0 Å². The van der Waals surface area contributed by atoms with E-state index in [9.17, 15) is 4.79 Å². The largest absolute Gasteiger partial charge is 0.393 e.